The molecule has 1 atom stereocenters. The van der Waals surface area contributed by atoms with Gasteiger partial charge in [-0.1, -0.05) is 33.6 Å². The molecule has 4 heterocycles. The van der Waals surface area contributed by atoms with Crippen LogP contribution in [0.4, 0.5) is 13.2 Å². The Morgan fingerprint density at radius 2 is 1.95 bits per heavy atom. The van der Waals surface area contributed by atoms with Gasteiger partial charge in [0.05, 0.1) is 47.2 Å². The summed E-state index contributed by atoms with van der Waals surface area (Å²) in [6.07, 6.45) is 7.18. The van der Waals surface area contributed by atoms with Gasteiger partial charge in [0.1, 0.15) is 17.4 Å². The molecule has 1 aromatic carbocycles. The number of rotatable bonds is 9. The van der Waals surface area contributed by atoms with Crippen molar-refractivity contribution < 1.29 is 22.6 Å². The highest BCUT2D eigenvalue weighted by molar-refractivity contribution is 6.31. The number of hydrogen-bond donors (Lipinski definition) is 0. The van der Waals surface area contributed by atoms with Gasteiger partial charge in [-0.05, 0) is 18.2 Å². The SMILES string of the molecule is Cn1nncc1-c1cn(C(CCOC(F)F)c2ccc(-c3c(-n4cc(Cl)nn4)ccc(Cl)c3F)c[n+]2[O-])cn1. The van der Waals surface area contributed by atoms with Crippen LogP contribution in [0.3, 0.4) is 0 Å². The standard InChI is InChI=1S/C23H18Cl2F3N9O2/c1-34-19(8-30-32-34)15-10-35(12-29-15)16(6-7-39-23(27)28)17-4-2-13(9-37(17)38)21-18(5-3-14(24)22(21)26)36-11-20(25)31-33-36/h2-5,8-12,16,23H,6-7H2,1H3. The number of ether oxygens (including phenoxy) is 1. The molecule has 16 heteroatoms. The monoisotopic (exact) mass is 579 g/mol. The van der Waals surface area contributed by atoms with E-state index in [1.54, 1.807) is 17.8 Å². The van der Waals surface area contributed by atoms with Gasteiger partial charge in [-0.2, -0.15) is 13.5 Å². The van der Waals surface area contributed by atoms with E-state index in [1.807, 2.05) is 0 Å². The third-order valence-electron chi connectivity index (χ3n) is 5.93. The molecular weight excluding hydrogens is 562 g/mol. The maximum Gasteiger partial charge on any atom is 0.345 e. The van der Waals surface area contributed by atoms with E-state index < -0.39 is 18.5 Å². The lowest BCUT2D eigenvalue weighted by Gasteiger charge is -2.19. The van der Waals surface area contributed by atoms with Gasteiger partial charge in [-0.25, -0.2) is 18.7 Å². The lowest BCUT2D eigenvalue weighted by Crippen LogP contribution is -2.35. The van der Waals surface area contributed by atoms with Crippen LogP contribution in [-0.4, -0.2) is 52.8 Å². The smallest absolute Gasteiger partial charge is 0.345 e. The van der Waals surface area contributed by atoms with E-state index in [2.05, 4.69) is 30.3 Å². The second-order valence-electron chi connectivity index (χ2n) is 8.29. The summed E-state index contributed by atoms with van der Waals surface area (Å²) >= 11 is 11.9. The molecule has 0 bridgehead atoms. The fourth-order valence-corrected chi connectivity index (χ4v) is 4.43. The third-order valence-corrected chi connectivity index (χ3v) is 6.40. The van der Waals surface area contributed by atoms with E-state index >= 15 is 4.39 Å². The minimum Gasteiger partial charge on any atom is -0.618 e. The highest BCUT2D eigenvalue weighted by atomic mass is 35.5. The number of halogens is 5. The van der Waals surface area contributed by atoms with Crippen molar-refractivity contribution in [1.82, 2.24) is 39.5 Å². The molecule has 202 valence electrons. The third kappa shape index (κ3) is 5.44. The Morgan fingerprint density at radius 3 is 2.62 bits per heavy atom. The molecular formula is C23H18Cl2F3N9O2. The van der Waals surface area contributed by atoms with E-state index in [4.69, 9.17) is 23.2 Å². The fraction of sp³-hybridized carbons (Fsp3) is 0.217. The largest absolute Gasteiger partial charge is 0.618 e. The summed E-state index contributed by atoms with van der Waals surface area (Å²) in [7, 11) is 1.69. The summed E-state index contributed by atoms with van der Waals surface area (Å²) in [4.78, 5) is 4.34. The van der Waals surface area contributed by atoms with Crippen LogP contribution >= 0.6 is 23.2 Å². The quantitative estimate of drug-likeness (QED) is 0.189. The second-order valence-corrected chi connectivity index (χ2v) is 9.09. The van der Waals surface area contributed by atoms with Crippen LogP contribution in [0.5, 0.6) is 0 Å². The fourth-order valence-electron chi connectivity index (χ4n) is 4.15. The highest BCUT2D eigenvalue weighted by Gasteiger charge is 2.26. The zero-order valence-corrected chi connectivity index (χ0v) is 21.5. The van der Waals surface area contributed by atoms with Crippen molar-refractivity contribution in [1.29, 1.82) is 0 Å². The first kappa shape index (κ1) is 26.6. The molecule has 0 saturated carbocycles. The molecule has 0 radical (unpaired) electrons. The molecule has 0 amide bonds. The Hall–Kier alpha value is -4.01. The molecule has 0 aliphatic rings. The lowest BCUT2D eigenvalue weighted by atomic mass is 10.0. The lowest BCUT2D eigenvalue weighted by molar-refractivity contribution is -0.615. The van der Waals surface area contributed by atoms with Crippen LogP contribution in [-0.2, 0) is 11.8 Å². The first-order valence-electron chi connectivity index (χ1n) is 11.3. The maximum absolute atomic E-state index is 15.3. The van der Waals surface area contributed by atoms with Crippen molar-refractivity contribution in [3.8, 4) is 28.2 Å². The number of benzene rings is 1. The Bertz CT molecular complexity index is 1620. The van der Waals surface area contributed by atoms with Crippen LogP contribution in [0.25, 0.3) is 28.2 Å². The van der Waals surface area contributed by atoms with Crippen LogP contribution in [0.2, 0.25) is 10.2 Å². The number of hydrogen-bond acceptors (Lipinski definition) is 7. The molecule has 0 saturated heterocycles. The number of alkyl halides is 2. The van der Waals surface area contributed by atoms with Crippen molar-refractivity contribution in [2.45, 2.75) is 19.1 Å². The molecule has 11 nitrogen and oxygen atoms in total. The van der Waals surface area contributed by atoms with Gasteiger partial charge >= 0.3 is 6.61 Å². The normalized spacial score (nSPS) is 12.4. The van der Waals surface area contributed by atoms with Gasteiger partial charge in [-0.3, -0.25) is 0 Å². The van der Waals surface area contributed by atoms with Crippen molar-refractivity contribution in [3.63, 3.8) is 0 Å². The zero-order chi connectivity index (χ0) is 27.7. The topological polar surface area (TPSA) is 115 Å². The molecule has 39 heavy (non-hydrogen) atoms. The first-order valence-corrected chi connectivity index (χ1v) is 12.1. The molecule has 0 fully saturated rings. The van der Waals surface area contributed by atoms with Crippen LogP contribution in [0, 0.1) is 11.0 Å². The summed E-state index contributed by atoms with van der Waals surface area (Å²) in [5, 5.41) is 28.5. The first-order chi connectivity index (χ1) is 18.7. The van der Waals surface area contributed by atoms with Gasteiger partial charge in [0.15, 0.2) is 17.2 Å². The Balaban J connectivity index is 1.55. The predicted molar refractivity (Wildman–Crippen MR) is 133 cm³/mol. The maximum atomic E-state index is 15.3. The van der Waals surface area contributed by atoms with Crippen molar-refractivity contribution in [2.75, 3.05) is 6.61 Å². The van der Waals surface area contributed by atoms with E-state index in [1.165, 1.54) is 52.4 Å². The predicted octanol–water partition coefficient (Wildman–Crippen LogP) is 4.22. The van der Waals surface area contributed by atoms with Crippen LogP contribution < -0.4 is 4.73 Å². The van der Waals surface area contributed by atoms with Gasteiger partial charge in [0.2, 0.25) is 5.69 Å². The molecule has 0 aliphatic heterocycles. The van der Waals surface area contributed by atoms with E-state index in [-0.39, 0.29) is 45.7 Å². The number of aryl methyl sites for hydroxylation is 1. The molecule has 0 aliphatic carbocycles. The van der Waals surface area contributed by atoms with Crippen molar-refractivity contribution >= 4 is 23.2 Å². The van der Waals surface area contributed by atoms with Crippen molar-refractivity contribution in [2.24, 2.45) is 7.05 Å². The van der Waals surface area contributed by atoms with Gasteiger partial charge < -0.3 is 14.5 Å². The molecule has 5 rings (SSSR count). The zero-order valence-electron chi connectivity index (χ0n) is 20.0. The van der Waals surface area contributed by atoms with Gasteiger partial charge in [-0.15, -0.1) is 10.2 Å². The number of imidazole rings is 1. The average molecular weight is 580 g/mol. The average Bonchev–Trinajstić information content (AvgIpc) is 3.65. The van der Waals surface area contributed by atoms with E-state index in [0.29, 0.717) is 16.1 Å². The Kier molecular flexibility index (Phi) is 7.50. The number of pyridine rings is 1. The molecule has 0 spiro atoms. The Morgan fingerprint density at radius 1 is 1.13 bits per heavy atom. The molecule has 0 N–H and O–H groups in total. The summed E-state index contributed by atoms with van der Waals surface area (Å²) in [6.45, 7) is -3.31. The minimum absolute atomic E-state index is 0.00794. The summed E-state index contributed by atoms with van der Waals surface area (Å²) in [5.41, 5.74) is 1.72. The summed E-state index contributed by atoms with van der Waals surface area (Å²) in [6, 6.07) is 5.09. The Labute approximate surface area is 228 Å². The second kappa shape index (κ2) is 11.0. The minimum atomic E-state index is -2.97. The van der Waals surface area contributed by atoms with Crippen LogP contribution in [0.1, 0.15) is 18.2 Å². The van der Waals surface area contributed by atoms with E-state index in [0.717, 1.165) is 6.20 Å². The number of aromatic nitrogens is 9. The molecule has 4 aromatic heterocycles. The van der Waals surface area contributed by atoms with Crippen LogP contribution in [0.15, 0.2) is 55.4 Å². The number of nitrogens with zero attached hydrogens (tertiary/aromatic N) is 9. The van der Waals surface area contributed by atoms with Crippen molar-refractivity contribution in [3.05, 3.63) is 82.3 Å². The van der Waals surface area contributed by atoms with Gasteiger partial charge in [0.25, 0.3) is 0 Å². The van der Waals surface area contributed by atoms with Gasteiger partial charge in [0, 0.05) is 25.7 Å². The summed E-state index contributed by atoms with van der Waals surface area (Å²) in [5.74, 6) is -0.778. The van der Waals surface area contributed by atoms with E-state index in [9.17, 15) is 14.0 Å². The summed E-state index contributed by atoms with van der Waals surface area (Å²) < 4.78 is 50.0. The molecule has 5 aromatic rings. The highest BCUT2D eigenvalue weighted by Crippen LogP contribution is 2.34. The molecule has 1 unspecified atom stereocenters.